The molecule has 0 aliphatic carbocycles. The normalized spacial score (nSPS) is 10.4. The quantitative estimate of drug-likeness (QED) is 0.199. The van der Waals surface area contributed by atoms with Crippen LogP contribution >= 0.6 is 11.6 Å². The van der Waals surface area contributed by atoms with Crippen LogP contribution in [0.5, 0.6) is 0 Å². The summed E-state index contributed by atoms with van der Waals surface area (Å²) in [5.74, 6) is 0.454. The van der Waals surface area contributed by atoms with Gasteiger partial charge in [0.2, 0.25) is 5.91 Å². The molecular weight excluding hydrogens is 474 g/mol. The van der Waals surface area contributed by atoms with E-state index in [1.807, 2.05) is 32.0 Å². The first-order valence-electron chi connectivity index (χ1n) is 11.1. The van der Waals surface area contributed by atoms with Crippen molar-refractivity contribution >= 4 is 46.3 Å². The maximum Gasteiger partial charge on any atom is 0.255 e. The summed E-state index contributed by atoms with van der Waals surface area (Å²) in [6.45, 7) is 7.38. The molecule has 4 rings (SSSR count). The average Bonchev–Trinajstić information content (AvgIpc) is 2.86. The zero-order valence-corrected chi connectivity index (χ0v) is 20.6. The Kier molecular flexibility index (Phi) is 7.42. The molecule has 0 spiro atoms. The lowest BCUT2D eigenvalue weighted by atomic mass is 10.1. The number of carbonyl (C=O) groups is 2. The highest BCUT2D eigenvalue weighted by molar-refractivity contribution is 6.29. The van der Waals surface area contributed by atoms with Crippen LogP contribution in [0.15, 0.2) is 85.5 Å². The van der Waals surface area contributed by atoms with Gasteiger partial charge in [-0.1, -0.05) is 30.3 Å². The minimum Gasteiger partial charge on any atom is -0.340 e. The SMILES string of the molecule is C=CC(=O)Nc1ccc(-c2nc(Cl)cc(Nc3ccc(C(=O)Nc4cc(C)ccc4C)cc3)n2)cc1. The molecule has 4 aromatic rings. The lowest BCUT2D eigenvalue weighted by Crippen LogP contribution is -2.12. The molecule has 0 aliphatic rings. The largest absolute Gasteiger partial charge is 0.340 e. The lowest BCUT2D eigenvalue weighted by molar-refractivity contribution is -0.111. The van der Waals surface area contributed by atoms with Crippen molar-refractivity contribution in [2.24, 2.45) is 0 Å². The molecule has 3 N–H and O–H groups in total. The number of anilines is 4. The monoisotopic (exact) mass is 497 g/mol. The topological polar surface area (TPSA) is 96.0 Å². The van der Waals surface area contributed by atoms with Crippen molar-refractivity contribution in [2.75, 3.05) is 16.0 Å². The minimum absolute atomic E-state index is 0.185. The Morgan fingerprint density at radius 3 is 2.25 bits per heavy atom. The summed E-state index contributed by atoms with van der Waals surface area (Å²) < 4.78 is 0. The molecule has 1 heterocycles. The van der Waals surface area contributed by atoms with Crippen LogP contribution in [0, 0.1) is 13.8 Å². The summed E-state index contributed by atoms with van der Waals surface area (Å²) in [4.78, 5) is 33.0. The van der Waals surface area contributed by atoms with Gasteiger partial charge in [0.15, 0.2) is 5.82 Å². The van der Waals surface area contributed by atoms with Crippen LogP contribution < -0.4 is 16.0 Å². The minimum atomic E-state index is -0.290. The summed E-state index contributed by atoms with van der Waals surface area (Å²) >= 11 is 6.24. The van der Waals surface area contributed by atoms with Crippen molar-refractivity contribution in [3.05, 3.63) is 107 Å². The van der Waals surface area contributed by atoms with Gasteiger partial charge in [-0.2, -0.15) is 0 Å². The Hall–Kier alpha value is -4.49. The Morgan fingerprint density at radius 1 is 0.861 bits per heavy atom. The molecule has 3 aromatic carbocycles. The predicted molar refractivity (Wildman–Crippen MR) is 145 cm³/mol. The first-order chi connectivity index (χ1) is 17.3. The van der Waals surface area contributed by atoms with Crippen LogP contribution in [0.2, 0.25) is 5.15 Å². The summed E-state index contributed by atoms with van der Waals surface area (Å²) in [5, 5.41) is 9.12. The molecular formula is C28H24ClN5O2. The molecule has 0 fully saturated rings. The van der Waals surface area contributed by atoms with Crippen molar-refractivity contribution in [1.82, 2.24) is 9.97 Å². The van der Waals surface area contributed by atoms with Crippen molar-refractivity contribution in [2.45, 2.75) is 13.8 Å². The molecule has 0 aliphatic heterocycles. The van der Waals surface area contributed by atoms with Gasteiger partial charge in [0.05, 0.1) is 0 Å². The molecule has 0 saturated heterocycles. The molecule has 180 valence electrons. The van der Waals surface area contributed by atoms with E-state index < -0.39 is 0 Å². The number of rotatable bonds is 7. The highest BCUT2D eigenvalue weighted by atomic mass is 35.5. The van der Waals surface area contributed by atoms with E-state index in [9.17, 15) is 9.59 Å². The Morgan fingerprint density at radius 2 is 1.56 bits per heavy atom. The molecule has 0 radical (unpaired) electrons. The zero-order chi connectivity index (χ0) is 25.7. The van der Waals surface area contributed by atoms with Gasteiger partial charge in [0, 0.05) is 34.3 Å². The fourth-order valence-corrected chi connectivity index (χ4v) is 3.61. The number of carbonyl (C=O) groups excluding carboxylic acids is 2. The smallest absolute Gasteiger partial charge is 0.255 e. The number of hydrogen-bond acceptors (Lipinski definition) is 5. The van der Waals surface area contributed by atoms with Crippen LogP contribution in [0.3, 0.4) is 0 Å². The molecule has 0 saturated carbocycles. The molecule has 8 heteroatoms. The van der Waals surface area contributed by atoms with E-state index in [1.165, 1.54) is 6.08 Å². The molecule has 7 nitrogen and oxygen atoms in total. The second-order valence-corrected chi connectivity index (χ2v) is 8.53. The first kappa shape index (κ1) is 24.6. The van der Waals surface area contributed by atoms with Crippen LogP contribution in [-0.4, -0.2) is 21.8 Å². The average molecular weight is 498 g/mol. The second kappa shape index (κ2) is 10.8. The van der Waals surface area contributed by atoms with Crippen LogP contribution in [0.1, 0.15) is 21.5 Å². The van der Waals surface area contributed by atoms with Crippen molar-refractivity contribution in [3.63, 3.8) is 0 Å². The summed E-state index contributed by atoms with van der Waals surface area (Å²) in [6, 6.07) is 21.7. The third-order valence-corrected chi connectivity index (χ3v) is 5.55. The van der Waals surface area contributed by atoms with E-state index in [1.54, 1.807) is 54.6 Å². The molecule has 2 amide bonds. The number of benzene rings is 3. The predicted octanol–water partition coefficient (Wildman–Crippen LogP) is 6.53. The Balaban J connectivity index is 1.47. The van der Waals surface area contributed by atoms with E-state index in [0.29, 0.717) is 22.9 Å². The third-order valence-electron chi connectivity index (χ3n) is 5.35. The maximum absolute atomic E-state index is 12.7. The van der Waals surface area contributed by atoms with Gasteiger partial charge >= 0.3 is 0 Å². The van der Waals surface area contributed by atoms with E-state index in [4.69, 9.17) is 11.6 Å². The molecule has 0 unspecified atom stereocenters. The third kappa shape index (κ3) is 6.14. The number of hydrogen-bond donors (Lipinski definition) is 3. The van der Waals surface area contributed by atoms with E-state index in [-0.39, 0.29) is 17.0 Å². The van der Waals surface area contributed by atoms with E-state index in [2.05, 4.69) is 32.5 Å². The number of aryl methyl sites for hydroxylation is 2. The van der Waals surface area contributed by atoms with Gasteiger partial charge in [-0.25, -0.2) is 9.97 Å². The van der Waals surface area contributed by atoms with Gasteiger partial charge in [0.25, 0.3) is 5.91 Å². The first-order valence-corrected chi connectivity index (χ1v) is 11.5. The fraction of sp³-hybridized carbons (Fsp3) is 0.0714. The molecule has 0 bridgehead atoms. The Bertz CT molecular complexity index is 1430. The van der Waals surface area contributed by atoms with Crippen LogP contribution in [0.4, 0.5) is 22.9 Å². The lowest BCUT2D eigenvalue weighted by Gasteiger charge is -2.11. The van der Waals surface area contributed by atoms with Gasteiger partial charge in [-0.05, 0) is 85.6 Å². The number of amides is 2. The van der Waals surface area contributed by atoms with E-state index in [0.717, 1.165) is 28.1 Å². The van der Waals surface area contributed by atoms with Gasteiger partial charge in [-0.3, -0.25) is 9.59 Å². The maximum atomic E-state index is 12.7. The molecule has 0 atom stereocenters. The van der Waals surface area contributed by atoms with Crippen LogP contribution in [0.25, 0.3) is 11.4 Å². The Labute approximate surface area is 214 Å². The highest BCUT2D eigenvalue weighted by Crippen LogP contribution is 2.25. The van der Waals surface area contributed by atoms with Crippen molar-refractivity contribution in [3.8, 4) is 11.4 Å². The van der Waals surface area contributed by atoms with Gasteiger partial charge < -0.3 is 16.0 Å². The summed E-state index contributed by atoms with van der Waals surface area (Å²) in [7, 11) is 0. The fourth-order valence-electron chi connectivity index (χ4n) is 3.42. The van der Waals surface area contributed by atoms with Crippen molar-refractivity contribution in [1.29, 1.82) is 0 Å². The summed E-state index contributed by atoms with van der Waals surface area (Å²) in [5.41, 5.74) is 5.50. The number of nitrogens with one attached hydrogen (secondary N) is 3. The standard InChI is InChI=1S/C28H24ClN5O2/c1-4-26(35)31-22-11-7-19(8-12-22)27-33-24(29)16-25(34-27)30-21-13-9-20(10-14-21)28(36)32-23-15-17(2)5-6-18(23)3/h4-16H,1H2,2-3H3,(H,31,35)(H,32,36)(H,30,33,34). The number of aromatic nitrogens is 2. The van der Waals surface area contributed by atoms with E-state index >= 15 is 0 Å². The van der Waals surface area contributed by atoms with Crippen molar-refractivity contribution < 1.29 is 9.59 Å². The van der Waals surface area contributed by atoms with Crippen LogP contribution in [-0.2, 0) is 4.79 Å². The second-order valence-electron chi connectivity index (χ2n) is 8.15. The molecule has 1 aromatic heterocycles. The molecule has 36 heavy (non-hydrogen) atoms. The highest BCUT2D eigenvalue weighted by Gasteiger charge is 2.10. The number of halogens is 1. The zero-order valence-electron chi connectivity index (χ0n) is 19.8. The number of nitrogens with zero attached hydrogens (tertiary/aromatic N) is 2. The van der Waals surface area contributed by atoms with Gasteiger partial charge in [0.1, 0.15) is 11.0 Å². The van der Waals surface area contributed by atoms with Gasteiger partial charge in [-0.15, -0.1) is 0 Å². The summed E-state index contributed by atoms with van der Waals surface area (Å²) in [6.07, 6.45) is 1.20.